The van der Waals surface area contributed by atoms with Crippen LogP contribution in [0, 0.1) is 11.3 Å². The summed E-state index contributed by atoms with van der Waals surface area (Å²) in [6.45, 7) is 0.704. The second-order valence-electron chi connectivity index (χ2n) is 2.18. The van der Waals surface area contributed by atoms with Crippen LogP contribution >= 0.6 is 0 Å². The lowest BCUT2D eigenvalue weighted by Crippen LogP contribution is -2.06. The van der Waals surface area contributed by atoms with E-state index in [-0.39, 0.29) is 0 Å². The van der Waals surface area contributed by atoms with Crippen molar-refractivity contribution in [3.63, 3.8) is 0 Å². The van der Waals surface area contributed by atoms with E-state index in [0.29, 0.717) is 12.1 Å². The van der Waals surface area contributed by atoms with Crippen molar-refractivity contribution >= 4 is 0 Å². The number of nitrogens with one attached hydrogen (secondary N) is 1. The SMILES string of the molecule is CNCc1cc(C#N)ccn1. The van der Waals surface area contributed by atoms with Crippen molar-refractivity contribution in [1.29, 1.82) is 5.26 Å². The van der Waals surface area contributed by atoms with E-state index in [9.17, 15) is 0 Å². The van der Waals surface area contributed by atoms with Crippen LogP contribution < -0.4 is 5.32 Å². The molecule has 1 aromatic rings. The van der Waals surface area contributed by atoms with Gasteiger partial charge in [0.05, 0.1) is 17.3 Å². The molecule has 3 heteroatoms. The number of hydrogen-bond acceptors (Lipinski definition) is 3. The van der Waals surface area contributed by atoms with Gasteiger partial charge in [-0.1, -0.05) is 0 Å². The smallest absolute Gasteiger partial charge is 0.0992 e. The third kappa shape index (κ3) is 2.03. The van der Waals surface area contributed by atoms with Crippen LogP contribution in [0.3, 0.4) is 0 Å². The lowest BCUT2D eigenvalue weighted by molar-refractivity contribution is 0.791. The summed E-state index contributed by atoms with van der Waals surface area (Å²) in [7, 11) is 1.85. The summed E-state index contributed by atoms with van der Waals surface area (Å²) in [4.78, 5) is 4.06. The Balaban J connectivity index is 2.85. The number of aromatic nitrogens is 1. The van der Waals surface area contributed by atoms with Gasteiger partial charge >= 0.3 is 0 Å². The Morgan fingerprint density at radius 2 is 2.55 bits per heavy atom. The highest BCUT2D eigenvalue weighted by Crippen LogP contribution is 1.98. The number of pyridine rings is 1. The van der Waals surface area contributed by atoms with Crippen molar-refractivity contribution in [3.05, 3.63) is 29.6 Å². The molecule has 1 rings (SSSR count). The van der Waals surface area contributed by atoms with E-state index >= 15 is 0 Å². The first kappa shape index (κ1) is 7.70. The average Bonchev–Trinajstić information content (AvgIpc) is 2.06. The number of nitriles is 1. The molecule has 0 spiro atoms. The second kappa shape index (κ2) is 3.69. The molecule has 0 radical (unpaired) electrons. The zero-order valence-electron chi connectivity index (χ0n) is 6.33. The number of hydrogen-bond donors (Lipinski definition) is 1. The Labute approximate surface area is 65.7 Å². The highest BCUT2D eigenvalue weighted by Gasteiger charge is 1.93. The first-order chi connectivity index (χ1) is 5.36. The van der Waals surface area contributed by atoms with E-state index in [1.807, 2.05) is 7.05 Å². The summed E-state index contributed by atoms with van der Waals surface area (Å²) in [5.74, 6) is 0. The summed E-state index contributed by atoms with van der Waals surface area (Å²) >= 11 is 0. The minimum Gasteiger partial charge on any atom is -0.314 e. The molecule has 0 bridgehead atoms. The molecule has 0 saturated carbocycles. The molecule has 1 heterocycles. The van der Waals surface area contributed by atoms with Gasteiger partial charge in [-0.05, 0) is 19.2 Å². The zero-order valence-corrected chi connectivity index (χ0v) is 6.33. The molecular formula is C8H9N3. The predicted molar refractivity (Wildman–Crippen MR) is 41.7 cm³/mol. The van der Waals surface area contributed by atoms with Gasteiger partial charge in [0.15, 0.2) is 0 Å². The van der Waals surface area contributed by atoms with E-state index < -0.39 is 0 Å². The first-order valence-corrected chi connectivity index (χ1v) is 3.36. The van der Waals surface area contributed by atoms with Gasteiger partial charge in [0, 0.05) is 12.7 Å². The topological polar surface area (TPSA) is 48.7 Å². The van der Waals surface area contributed by atoms with Crippen LogP contribution in [-0.4, -0.2) is 12.0 Å². The van der Waals surface area contributed by atoms with Crippen LogP contribution in [0.2, 0.25) is 0 Å². The first-order valence-electron chi connectivity index (χ1n) is 3.36. The highest BCUT2D eigenvalue weighted by atomic mass is 14.8. The Morgan fingerprint density at radius 1 is 1.73 bits per heavy atom. The van der Waals surface area contributed by atoms with Crippen molar-refractivity contribution in [2.24, 2.45) is 0 Å². The molecule has 0 aliphatic rings. The van der Waals surface area contributed by atoms with Crippen molar-refractivity contribution in [2.45, 2.75) is 6.54 Å². The van der Waals surface area contributed by atoms with E-state index in [2.05, 4.69) is 16.4 Å². The molecule has 1 aromatic heterocycles. The van der Waals surface area contributed by atoms with Gasteiger partial charge in [-0.2, -0.15) is 5.26 Å². The van der Waals surface area contributed by atoms with Crippen LogP contribution in [0.15, 0.2) is 18.3 Å². The van der Waals surface area contributed by atoms with Gasteiger partial charge in [-0.3, -0.25) is 4.98 Å². The molecule has 0 fully saturated rings. The van der Waals surface area contributed by atoms with Crippen LogP contribution in [0.5, 0.6) is 0 Å². The molecule has 0 atom stereocenters. The third-order valence-electron chi connectivity index (χ3n) is 1.30. The molecule has 1 N–H and O–H groups in total. The monoisotopic (exact) mass is 147 g/mol. The summed E-state index contributed by atoms with van der Waals surface area (Å²) in [5.41, 5.74) is 1.55. The fraction of sp³-hybridized carbons (Fsp3) is 0.250. The lowest BCUT2D eigenvalue weighted by Gasteiger charge is -1.97. The van der Waals surface area contributed by atoms with E-state index in [4.69, 9.17) is 5.26 Å². The minimum atomic E-state index is 0.658. The molecule has 0 aromatic carbocycles. The molecular weight excluding hydrogens is 138 g/mol. The van der Waals surface area contributed by atoms with Gasteiger partial charge in [0.2, 0.25) is 0 Å². The quantitative estimate of drug-likeness (QED) is 0.669. The molecule has 0 saturated heterocycles. The van der Waals surface area contributed by atoms with Gasteiger partial charge in [-0.15, -0.1) is 0 Å². The molecule has 11 heavy (non-hydrogen) atoms. The van der Waals surface area contributed by atoms with Crippen LogP contribution in [0.1, 0.15) is 11.3 Å². The van der Waals surface area contributed by atoms with E-state index in [1.54, 1.807) is 18.3 Å². The zero-order chi connectivity index (χ0) is 8.10. The maximum absolute atomic E-state index is 8.53. The standard InChI is InChI=1S/C8H9N3/c1-10-6-8-4-7(5-9)2-3-11-8/h2-4,10H,6H2,1H3. The normalized spacial score (nSPS) is 9.09. The minimum absolute atomic E-state index is 0.658. The van der Waals surface area contributed by atoms with Gasteiger partial charge in [0.1, 0.15) is 0 Å². The molecule has 0 amide bonds. The Morgan fingerprint density at radius 3 is 3.18 bits per heavy atom. The van der Waals surface area contributed by atoms with Gasteiger partial charge in [-0.25, -0.2) is 0 Å². The molecule has 3 nitrogen and oxygen atoms in total. The van der Waals surface area contributed by atoms with Crippen molar-refractivity contribution < 1.29 is 0 Å². The average molecular weight is 147 g/mol. The predicted octanol–water partition coefficient (Wildman–Crippen LogP) is 0.673. The highest BCUT2D eigenvalue weighted by molar-refractivity contribution is 5.28. The second-order valence-corrected chi connectivity index (χ2v) is 2.18. The van der Waals surface area contributed by atoms with Gasteiger partial charge in [0.25, 0.3) is 0 Å². The van der Waals surface area contributed by atoms with Crippen molar-refractivity contribution in [2.75, 3.05) is 7.05 Å². The van der Waals surface area contributed by atoms with Crippen molar-refractivity contribution in [1.82, 2.24) is 10.3 Å². The maximum Gasteiger partial charge on any atom is 0.0992 e. The maximum atomic E-state index is 8.53. The summed E-state index contributed by atoms with van der Waals surface area (Å²) < 4.78 is 0. The molecule has 56 valence electrons. The van der Waals surface area contributed by atoms with Gasteiger partial charge < -0.3 is 5.32 Å². The summed E-state index contributed by atoms with van der Waals surface area (Å²) in [6, 6.07) is 5.53. The fourth-order valence-corrected chi connectivity index (χ4v) is 0.826. The lowest BCUT2D eigenvalue weighted by atomic mass is 10.2. The fourth-order valence-electron chi connectivity index (χ4n) is 0.826. The number of rotatable bonds is 2. The van der Waals surface area contributed by atoms with E-state index in [1.165, 1.54) is 0 Å². The molecule has 0 unspecified atom stereocenters. The molecule has 0 aliphatic heterocycles. The summed E-state index contributed by atoms with van der Waals surface area (Å²) in [5, 5.41) is 11.5. The Hall–Kier alpha value is -1.40. The Kier molecular flexibility index (Phi) is 2.59. The van der Waals surface area contributed by atoms with Crippen LogP contribution in [-0.2, 0) is 6.54 Å². The van der Waals surface area contributed by atoms with Crippen molar-refractivity contribution in [3.8, 4) is 6.07 Å². The molecule has 0 aliphatic carbocycles. The Bertz CT molecular complexity index is 275. The summed E-state index contributed by atoms with van der Waals surface area (Å²) in [6.07, 6.45) is 1.64. The number of nitrogens with zero attached hydrogens (tertiary/aromatic N) is 2. The van der Waals surface area contributed by atoms with Crippen LogP contribution in [0.25, 0.3) is 0 Å². The van der Waals surface area contributed by atoms with Crippen LogP contribution in [0.4, 0.5) is 0 Å². The largest absolute Gasteiger partial charge is 0.314 e. The van der Waals surface area contributed by atoms with E-state index in [0.717, 1.165) is 5.69 Å². The third-order valence-corrected chi connectivity index (χ3v) is 1.30.